The number of hydrogen-bond acceptors (Lipinski definition) is 3. The van der Waals surface area contributed by atoms with Crippen LogP contribution in [0.1, 0.15) is 36.9 Å². The van der Waals surface area contributed by atoms with Gasteiger partial charge in [0.15, 0.2) is 0 Å². The number of carbonyl (C=O) groups is 1. The summed E-state index contributed by atoms with van der Waals surface area (Å²) in [5.74, 6) is -0.0657. The zero-order valence-corrected chi connectivity index (χ0v) is 10.3. The molecule has 0 bridgehead atoms. The number of hydrogen-bond donors (Lipinski definition) is 2. The molecule has 0 aliphatic carbocycles. The van der Waals surface area contributed by atoms with Crippen molar-refractivity contribution in [2.75, 3.05) is 12.3 Å². The van der Waals surface area contributed by atoms with Crippen LogP contribution in [0.3, 0.4) is 0 Å². The van der Waals surface area contributed by atoms with Crippen LogP contribution in [0.15, 0.2) is 11.4 Å². The lowest BCUT2D eigenvalue weighted by atomic mass is 9.90. The fourth-order valence-corrected chi connectivity index (χ4v) is 1.76. The van der Waals surface area contributed by atoms with Gasteiger partial charge in [-0.3, -0.25) is 4.79 Å². The second-order valence-electron chi connectivity index (χ2n) is 4.41. The average molecular weight is 226 g/mol. The van der Waals surface area contributed by atoms with E-state index in [0.717, 1.165) is 6.42 Å². The molecule has 0 fully saturated rings. The van der Waals surface area contributed by atoms with Crippen molar-refractivity contribution < 1.29 is 4.79 Å². The van der Waals surface area contributed by atoms with E-state index in [2.05, 4.69) is 26.1 Å². The normalized spacial score (nSPS) is 11.4. The Morgan fingerprint density at radius 3 is 2.73 bits per heavy atom. The summed E-state index contributed by atoms with van der Waals surface area (Å²) < 4.78 is 0. The van der Waals surface area contributed by atoms with Gasteiger partial charge in [-0.1, -0.05) is 20.8 Å². The summed E-state index contributed by atoms with van der Waals surface area (Å²) in [5.41, 5.74) is 6.37. The number of amides is 1. The van der Waals surface area contributed by atoms with Gasteiger partial charge < -0.3 is 11.1 Å². The molecule has 0 unspecified atom stereocenters. The molecular weight excluding hydrogens is 208 g/mol. The third-order valence-electron chi connectivity index (χ3n) is 2.59. The standard InChI is InChI=1S/C11H18N2OS/c1-4-11(2,3)7-13-10(14)9-8(12)5-6-15-9/h5-6H,4,7,12H2,1-3H3,(H,13,14). The minimum absolute atomic E-state index is 0.0657. The fraction of sp³-hybridized carbons (Fsp3) is 0.545. The zero-order valence-electron chi connectivity index (χ0n) is 9.46. The smallest absolute Gasteiger partial charge is 0.263 e. The number of rotatable bonds is 4. The van der Waals surface area contributed by atoms with Crippen molar-refractivity contribution in [3.8, 4) is 0 Å². The Labute approximate surface area is 94.7 Å². The van der Waals surface area contributed by atoms with Gasteiger partial charge in [0.1, 0.15) is 4.88 Å². The molecular formula is C11H18N2OS. The average Bonchev–Trinajstić information content (AvgIpc) is 2.61. The van der Waals surface area contributed by atoms with Crippen LogP contribution in [-0.2, 0) is 0 Å². The van der Waals surface area contributed by atoms with E-state index in [1.54, 1.807) is 6.07 Å². The molecule has 0 spiro atoms. The zero-order chi connectivity index (χ0) is 11.5. The van der Waals surface area contributed by atoms with Crippen molar-refractivity contribution in [3.05, 3.63) is 16.3 Å². The van der Waals surface area contributed by atoms with E-state index < -0.39 is 0 Å². The summed E-state index contributed by atoms with van der Waals surface area (Å²) in [5, 5.41) is 4.74. The summed E-state index contributed by atoms with van der Waals surface area (Å²) in [4.78, 5) is 12.3. The number of carbonyl (C=O) groups excluding carboxylic acids is 1. The van der Waals surface area contributed by atoms with Crippen molar-refractivity contribution in [3.63, 3.8) is 0 Å². The van der Waals surface area contributed by atoms with Gasteiger partial charge in [-0.15, -0.1) is 11.3 Å². The van der Waals surface area contributed by atoms with Gasteiger partial charge in [0.05, 0.1) is 5.69 Å². The molecule has 0 saturated carbocycles. The van der Waals surface area contributed by atoms with E-state index in [1.807, 2.05) is 5.38 Å². The molecule has 0 aliphatic heterocycles. The first-order valence-electron chi connectivity index (χ1n) is 5.07. The van der Waals surface area contributed by atoms with Crippen molar-refractivity contribution in [2.24, 2.45) is 5.41 Å². The van der Waals surface area contributed by atoms with Gasteiger partial charge in [0, 0.05) is 6.54 Å². The lowest BCUT2D eigenvalue weighted by Crippen LogP contribution is -2.33. The van der Waals surface area contributed by atoms with Crippen LogP contribution < -0.4 is 11.1 Å². The second-order valence-corrected chi connectivity index (χ2v) is 5.32. The van der Waals surface area contributed by atoms with E-state index in [0.29, 0.717) is 17.1 Å². The van der Waals surface area contributed by atoms with E-state index in [1.165, 1.54) is 11.3 Å². The molecule has 0 atom stereocenters. The van der Waals surface area contributed by atoms with E-state index in [4.69, 9.17) is 5.73 Å². The highest BCUT2D eigenvalue weighted by molar-refractivity contribution is 7.12. The molecule has 1 amide bonds. The number of thiophene rings is 1. The van der Waals surface area contributed by atoms with Crippen LogP contribution in [0.2, 0.25) is 0 Å². The Bertz CT molecular complexity index is 344. The first-order chi connectivity index (χ1) is 6.96. The second kappa shape index (κ2) is 4.66. The lowest BCUT2D eigenvalue weighted by Gasteiger charge is -2.22. The summed E-state index contributed by atoms with van der Waals surface area (Å²) >= 11 is 1.38. The number of anilines is 1. The molecule has 1 heterocycles. The van der Waals surface area contributed by atoms with Gasteiger partial charge >= 0.3 is 0 Å². The Kier molecular flexibility index (Phi) is 3.74. The van der Waals surface area contributed by atoms with E-state index >= 15 is 0 Å². The summed E-state index contributed by atoms with van der Waals surface area (Å²) in [6.07, 6.45) is 1.03. The van der Waals surface area contributed by atoms with Crippen molar-refractivity contribution in [2.45, 2.75) is 27.2 Å². The maximum atomic E-state index is 11.7. The molecule has 0 saturated heterocycles. The molecule has 3 N–H and O–H groups in total. The molecule has 15 heavy (non-hydrogen) atoms. The first-order valence-corrected chi connectivity index (χ1v) is 5.95. The molecule has 0 aliphatic rings. The van der Waals surface area contributed by atoms with Gasteiger partial charge in [0.2, 0.25) is 0 Å². The van der Waals surface area contributed by atoms with E-state index in [9.17, 15) is 4.79 Å². The van der Waals surface area contributed by atoms with Crippen molar-refractivity contribution in [1.29, 1.82) is 0 Å². The monoisotopic (exact) mass is 226 g/mol. The Balaban J connectivity index is 2.55. The fourth-order valence-electron chi connectivity index (χ4n) is 1.03. The first kappa shape index (κ1) is 12.0. The molecule has 1 aromatic heterocycles. The number of nitrogens with two attached hydrogens (primary N) is 1. The van der Waals surface area contributed by atoms with Crippen molar-refractivity contribution in [1.82, 2.24) is 5.32 Å². The maximum absolute atomic E-state index is 11.7. The summed E-state index contributed by atoms with van der Waals surface area (Å²) in [6.45, 7) is 7.06. The maximum Gasteiger partial charge on any atom is 0.263 e. The van der Waals surface area contributed by atoms with Gasteiger partial charge in [-0.25, -0.2) is 0 Å². The highest BCUT2D eigenvalue weighted by atomic mass is 32.1. The highest BCUT2D eigenvalue weighted by Crippen LogP contribution is 2.21. The van der Waals surface area contributed by atoms with Crippen molar-refractivity contribution >= 4 is 22.9 Å². The third kappa shape index (κ3) is 3.23. The molecule has 3 nitrogen and oxygen atoms in total. The molecule has 84 valence electrons. The molecule has 0 radical (unpaired) electrons. The summed E-state index contributed by atoms with van der Waals surface area (Å²) in [6, 6.07) is 1.75. The quantitative estimate of drug-likeness (QED) is 0.828. The molecule has 1 aromatic rings. The number of nitrogen functional groups attached to an aromatic ring is 1. The minimum Gasteiger partial charge on any atom is -0.397 e. The van der Waals surface area contributed by atoms with Crippen LogP contribution in [0, 0.1) is 5.41 Å². The highest BCUT2D eigenvalue weighted by Gasteiger charge is 2.18. The Morgan fingerprint density at radius 2 is 2.27 bits per heavy atom. The molecule has 0 aromatic carbocycles. The largest absolute Gasteiger partial charge is 0.397 e. The molecule has 1 rings (SSSR count). The van der Waals surface area contributed by atoms with Crippen LogP contribution in [0.4, 0.5) is 5.69 Å². The predicted molar refractivity (Wildman–Crippen MR) is 65.1 cm³/mol. The Hall–Kier alpha value is -1.03. The number of nitrogens with one attached hydrogen (secondary N) is 1. The SMILES string of the molecule is CCC(C)(C)CNC(=O)c1sccc1N. The molecule has 4 heteroatoms. The minimum atomic E-state index is -0.0657. The van der Waals surface area contributed by atoms with Crippen LogP contribution in [-0.4, -0.2) is 12.5 Å². The van der Waals surface area contributed by atoms with Gasteiger partial charge in [0.25, 0.3) is 5.91 Å². The van der Waals surface area contributed by atoms with Crippen LogP contribution >= 0.6 is 11.3 Å². The topological polar surface area (TPSA) is 55.1 Å². The third-order valence-corrected chi connectivity index (χ3v) is 3.52. The lowest BCUT2D eigenvalue weighted by molar-refractivity contribution is 0.0940. The van der Waals surface area contributed by atoms with Gasteiger partial charge in [-0.05, 0) is 23.3 Å². The van der Waals surface area contributed by atoms with E-state index in [-0.39, 0.29) is 11.3 Å². The van der Waals surface area contributed by atoms with Crippen LogP contribution in [0.5, 0.6) is 0 Å². The van der Waals surface area contributed by atoms with Crippen LogP contribution in [0.25, 0.3) is 0 Å². The van der Waals surface area contributed by atoms with Gasteiger partial charge in [-0.2, -0.15) is 0 Å². The predicted octanol–water partition coefficient (Wildman–Crippen LogP) is 2.50. The Morgan fingerprint density at radius 1 is 1.60 bits per heavy atom. The summed E-state index contributed by atoms with van der Waals surface area (Å²) in [7, 11) is 0.